The maximum Gasteiger partial charge on any atom is 2.00 e. The summed E-state index contributed by atoms with van der Waals surface area (Å²) in [6.45, 7) is 43.5. The molecule has 0 fully saturated rings. The molecule has 0 atom stereocenters. The van der Waals surface area contributed by atoms with Crippen LogP contribution >= 0.6 is 15.8 Å². The molecule has 0 heterocycles. The molecule has 0 saturated carbocycles. The molecular formula is C58H76F6O4P2Rh2Si6. The average Bonchev–Trinajstić information content (AvgIpc) is 3.28. The Kier molecular flexibility index (Phi) is 27.2. The molecular weight excluding hydrogens is 1310 g/mol. The first kappa shape index (κ1) is 73.3. The molecule has 0 unspecified atom stereocenters. The van der Waals surface area contributed by atoms with Crippen LogP contribution in [0.15, 0.2) is 133 Å². The van der Waals surface area contributed by atoms with Crippen LogP contribution in [0.5, 0.6) is 0 Å². The summed E-state index contributed by atoms with van der Waals surface area (Å²) in [6.07, 6.45) is -10.4. The first-order valence-corrected chi connectivity index (χ1v) is 48.7. The van der Waals surface area contributed by atoms with Gasteiger partial charge in [-0.05, 0) is 37.1 Å². The second kappa shape index (κ2) is 29.0. The zero-order valence-corrected chi connectivity index (χ0v) is 59.2. The van der Waals surface area contributed by atoms with E-state index in [-0.39, 0.29) is 39.0 Å². The topological polar surface area (TPSA) is 80.3 Å². The Labute approximate surface area is 496 Å². The Morgan fingerprint density at radius 1 is 0.333 bits per heavy atom. The molecule has 0 amide bonds. The summed E-state index contributed by atoms with van der Waals surface area (Å²) >= 11 is 0. The fourth-order valence-corrected chi connectivity index (χ4v) is 18.5. The van der Waals surface area contributed by atoms with Crippen molar-refractivity contribution in [3.63, 3.8) is 0 Å². The van der Waals surface area contributed by atoms with Gasteiger partial charge in [0, 0.05) is 16.1 Å². The summed E-state index contributed by atoms with van der Waals surface area (Å²) in [7, 11) is -9.03. The predicted octanol–water partition coefficient (Wildman–Crippen LogP) is 8.35. The normalized spacial score (nSPS) is 12.3. The zero-order chi connectivity index (χ0) is 58.2. The van der Waals surface area contributed by atoms with Crippen molar-refractivity contribution in [3.8, 4) is 0 Å². The van der Waals surface area contributed by atoms with Gasteiger partial charge in [-0.15, -0.1) is 10.6 Å². The molecule has 2 radical (unpaired) electrons. The van der Waals surface area contributed by atoms with Gasteiger partial charge in [0.1, 0.15) is 11.9 Å². The number of halogens is 6. The molecule has 6 rings (SSSR count). The van der Waals surface area contributed by atoms with E-state index in [1.165, 1.54) is 62.9 Å². The monoisotopic (exact) mass is 1390 g/mol. The van der Waals surface area contributed by atoms with Gasteiger partial charge in [-0.1, -0.05) is 236 Å². The SMILES string of the molecule is C[Si](C)(C)c1c[c-]c(P(c2ccc([Si](C)(C)C)cc2)c2ccc([Si](C)(C)C)cc2)cc1.C[Si](C)(C)c1c[c-]c(P(c2ccc([Si](C)(C)C)cc2)c2ccc([Si](C)(C)C)cc2)cc1.O=C([O-])C(F)(F)F.O=C([O-])C(F)(F)F.[Rh+2].[Rh+2]. The standard InChI is InChI=1S/2C27H38PSi3.2C2HF3O2.2Rh/c2*1-29(2,3)25-16-10-22(11-17-25)28(23-12-18-26(19-13-23)30(4,5)6)24-14-20-27(21-15-24)31(7,8)9;2*3-2(4,5)1(6)7;;/h2*10-14,16-21H,1-9H3;2*(H,6,7);;/q2*-1;;;2*+2/p-2. The fraction of sp³-hybridized carbons (Fsp3) is 0.345. The van der Waals surface area contributed by atoms with Gasteiger partial charge in [-0.2, -0.15) is 85.2 Å². The largest absolute Gasteiger partial charge is 2.00 e. The number of aliphatic carboxylic acids is 2. The van der Waals surface area contributed by atoms with Gasteiger partial charge < -0.3 is 19.8 Å². The van der Waals surface area contributed by atoms with Crippen molar-refractivity contribution in [2.45, 2.75) is 130 Å². The van der Waals surface area contributed by atoms with Crippen molar-refractivity contribution in [3.05, 3.63) is 146 Å². The Bertz CT molecular complexity index is 2350. The van der Waals surface area contributed by atoms with Crippen LogP contribution in [-0.2, 0) is 48.5 Å². The molecule has 0 N–H and O–H groups in total. The Morgan fingerprint density at radius 2 is 0.487 bits per heavy atom. The number of hydrogen-bond donors (Lipinski definition) is 0. The van der Waals surface area contributed by atoms with Gasteiger partial charge in [-0.25, -0.2) is 0 Å². The van der Waals surface area contributed by atoms with E-state index in [1.807, 2.05) is 0 Å². The van der Waals surface area contributed by atoms with Crippen molar-refractivity contribution >= 4 is 139 Å². The molecule has 0 saturated heterocycles. The van der Waals surface area contributed by atoms with Crippen LogP contribution in [0.3, 0.4) is 0 Å². The summed E-state index contributed by atoms with van der Waals surface area (Å²) in [5.41, 5.74) is 0. The molecule has 0 spiro atoms. The number of benzene rings is 6. The third-order valence-electron chi connectivity index (χ3n) is 12.2. The molecule has 0 aromatic heterocycles. The zero-order valence-electron chi connectivity index (χ0n) is 48.2. The summed E-state index contributed by atoms with van der Waals surface area (Å²) in [5.74, 6) is -6.01. The quantitative estimate of drug-likeness (QED) is 0.0535. The van der Waals surface area contributed by atoms with Gasteiger partial charge in [0.2, 0.25) is 0 Å². The number of carboxylic acid groups (broad SMARTS) is 2. The minimum absolute atomic E-state index is 0. The predicted molar refractivity (Wildman–Crippen MR) is 328 cm³/mol. The molecule has 0 bridgehead atoms. The summed E-state index contributed by atoms with van der Waals surface area (Å²) in [4.78, 5) is 17.6. The van der Waals surface area contributed by atoms with E-state index in [4.69, 9.17) is 19.8 Å². The van der Waals surface area contributed by atoms with Crippen LogP contribution in [0.2, 0.25) is 118 Å². The second-order valence-electron chi connectivity index (χ2n) is 24.9. The fourth-order valence-electron chi connectivity index (χ4n) is 7.34. The molecule has 20 heteroatoms. The van der Waals surface area contributed by atoms with Crippen LogP contribution in [-0.4, -0.2) is 72.7 Å². The maximum atomic E-state index is 10.5. The summed E-state index contributed by atoms with van der Waals surface area (Å²) in [6, 6.07) is 59.4. The molecule has 0 aliphatic heterocycles. The number of hydrogen-bond acceptors (Lipinski definition) is 4. The third kappa shape index (κ3) is 22.9. The van der Waals surface area contributed by atoms with E-state index in [0.717, 1.165) is 0 Å². The minimum Gasteiger partial charge on any atom is -0.542 e. The number of alkyl halides is 6. The van der Waals surface area contributed by atoms with Crippen molar-refractivity contribution in [2.75, 3.05) is 0 Å². The Hall–Kier alpha value is -2.75. The number of carboxylic acids is 2. The van der Waals surface area contributed by atoms with Gasteiger partial charge >= 0.3 is 51.3 Å². The molecule has 6 aromatic rings. The molecule has 0 aliphatic carbocycles. The number of rotatable bonds is 12. The number of carbonyl (C=O) groups is 2. The average molecular weight is 1390 g/mol. The van der Waals surface area contributed by atoms with Crippen LogP contribution in [0.25, 0.3) is 0 Å². The van der Waals surface area contributed by atoms with Crippen molar-refractivity contribution in [1.29, 1.82) is 0 Å². The van der Waals surface area contributed by atoms with E-state index in [1.54, 1.807) is 0 Å². The molecule has 0 aliphatic rings. The van der Waals surface area contributed by atoms with Gasteiger partial charge in [0.25, 0.3) is 0 Å². The molecule has 78 heavy (non-hydrogen) atoms. The molecule has 4 nitrogen and oxygen atoms in total. The van der Waals surface area contributed by atoms with Gasteiger partial charge in [0.15, 0.2) is 0 Å². The minimum atomic E-state index is -5.19. The smallest absolute Gasteiger partial charge is 0.542 e. The summed E-state index contributed by atoms with van der Waals surface area (Å²) in [5, 5.41) is 35.0. The van der Waals surface area contributed by atoms with Crippen molar-refractivity contribution < 1.29 is 85.1 Å². The third-order valence-corrected chi connectivity index (χ3v) is 29.4. The molecule has 426 valence electrons. The molecule has 6 aromatic carbocycles. The summed E-state index contributed by atoms with van der Waals surface area (Å²) < 4.78 is 63.1. The Morgan fingerprint density at radius 3 is 0.603 bits per heavy atom. The van der Waals surface area contributed by atoms with E-state index in [9.17, 15) is 26.3 Å². The Balaban J connectivity index is 0.000000614. The van der Waals surface area contributed by atoms with Crippen LogP contribution in [0.1, 0.15) is 0 Å². The van der Waals surface area contributed by atoms with Crippen molar-refractivity contribution in [1.82, 2.24) is 0 Å². The first-order valence-electron chi connectivity index (χ1n) is 25.1. The van der Waals surface area contributed by atoms with E-state index >= 15 is 0 Å². The van der Waals surface area contributed by atoms with E-state index < -0.39 is 88.6 Å². The second-order valence-corrected chi connectivity index (χ2v) is 59.7. The van der Waals surface area contributed by atoms with E-state index in [2.05, 4.69) is 263 Å². The van der Waals surface area contributed by atoms with Crippen LogP contribution in [0, 0.1) is 12.1 Å². The maximum absolute atomic E-state index is 10.5. The van der Waals surface area contributed by atoms with Gasteiger partial charge in [0.05, 0.1) is 32.3 Å². The first-order chi connectivity index (χ1) is 34.4. The van der Waals surface area contributed by atoms with E-state index in [0.29, 0.717) is 0 Å². The number of carbonyl (C=O) groups excluding carboxylic acids is 2. The van der Waals surface area contributed by atoms with Crippen LogP contribution in [0.4, 0.5) is 26.3 Å². The van der Waals surface area contributed by atoms with Crippen LogP contribution < -0.4 is 73.2 Å². The van der Waals surface area contributed by atoms with Gasteiger partial charge in [-0.3, -0.25) is 0 Å². The van der Waals surface area contributed by atoms with Crippen molar-refractivity contribution in [2.24, 2.45) is 0 Å².